The highest BCUT2D eigenvalue weighted by atomic mass is 15.2. The number of likely N-dealkylation sites (tertiary alicyclic amines) is 1. The van der Waals surface area contributed by atoms with Crippen LogP contribution in [0.2, 0.25) is 0 Å². The van der Waals surface area contributed by atoms with Crippen LogP contribution in [0.1, 0.15) is 24.5 Å². The van der Waals surface area contributed by atoms with Crippen molar-refractivity contribution in [1.82, 2.24) is 24.8 Å². The minimum absolute atomic E-state index is 0.508. The Bertz CT molecular complexity index is 702. The predicted octanol–water partition coefficient (Wildman–Crippen LogP) is 1.59. The Morgan fingerprint density at radius 3 is 2.33 bits per heavy atom. The lowest BCUT2D eigenvalue weighted by Crippen LogP contribution is -2.44. The van der Waals surface area contributed by atoms with Gasteiger partial charge in [-0.05, 0) is 46.1 Å². The second-order valence-corrected chi connectivity index (χ2v) is 7.19. The van der Waals surface area contributed by atoms with Crippen LogP contribution in [0.5, 0.6) is 0 Å². The number of hydrogen-bond donors (Lipinski definition) is 0. The average Bonchev–Trinajstić information content (AvgIpc) is 2.62. The summed E-state index contributed by atoms with van der Waals surface area (Å²) < 4.78 is 0. The van der Waals surface area contributed by atoms with Crippen LogP contribution in [0.3, 0.4) is 0 Å². The standard InChI is InChI=1S/C18H26N6/c1-22-5-3-14(4-6-22)17-18-16(20-13-21-17)11-15(12-19-18)24-9-7-23(2)8-10-24/h11-14H,3-10H2,1-2H3. The summed E-state index contributed by atoms with van der Waals surface area (Å²) in [7, 11) is 4.37. The van der Waals surface area contributed by atoms with Crippen LogP contribution in [0.15, 0.2) is 18.6 Å². The summed E-state index contributed by atoms with van der Waals surface area (Å²) in [4.78, 5) is 21.0. The Kier molecular flexibility index (Phi) is 4.33. The maximum atomic E-state index is 4.78. The number of anilines is 1. The Hall–Kier alpha value is -1.79. The molecule has 24 heavy (non-hydrogen) atoms. The fraction of sp³-hybridized carbons (Fsp3) is 0.611. The molecule has 2 aromatic rings. The van der Waals surface area contributed by atoms with Crippen molar-refractivity contribution in [2.75, 3.05) is 58.3 Å². The second kappa shape index (κ2) is 6.61. The fourth-order valence-corrected chi connectivity index (χ4v) is 3.77. The van der Waals surface area contributed by atoms with Gasteiger partial charge in [-0.15, -0.1) is 0 Å². The molecule has 0 atom stereocenters. The number of likely N-dealkylation sites (N-methyl/N-ethyl adjacent to an activating group) is 1. The highest BCUT2D eigenvalue weighted by Gasteiger charge is 2.23. The van der Waals surface area contributed by atoms with Crippen LogP contribution in [0.4, 0.5) is 5.69 Å². The van der Waals surface area contributed by atoms with Gasteiger partial charge in [0.15, 0.2) is 0 Å². The van der Waals surface area contributed by atoms with Gasteiger partial charge in [-0.1, -0.05) is 0 Å². The summed E-state index contributed by atoms with van der Waals surface area (Å²) in [5.74, 6) is 0.508. The topological polar surface area (TPSA) is 48.4 Å². The molecule has 2 aromatic heterocycles. The zero-order chi connectivity index (χ0) is 16.5. The summed E-state index contributed by atoms with van der Waals surface area (Å²) in [6, 6.07) is 2.19. The van der Waals surface area contributed by atoms with E-state index in [-0.39, 0.29) is 0 Å². The second-order valence-electron chi connectivity index (χ2n) is 7.19. The lowest BCUT2D eigenvalue weighted by molar-refractivity contribution is 0.254. The van der Waals surface area contributed by atoms with E-state index in [1.165, 1.54) is 5.69 Å². The summed E-state index contributed by atoms with van der Waals surface area (Å²) >= 11 is 0. The van der Waals surface area contributed by atoms with E-state index < -0.39 is 0 Å². The lowest BCUT2D eigenvalue weighted by Gasteiger charge is -2.34. The van der Waals surface area contributed by atoms with Crippen LogP contribution in [-0.4, -0.2) is 78.1 Å². The number of piperidine rings is 1. The molecular weight excluding hydrogens is 300 g/mol. The highest BCUT2D eigenvalue weighted by molar-refractivity contribution is 5.80. The Labute approximate surface area is 143 Å². The van der Waals surface area contributed by atoms with E-state index in [0.717, 1.165) is 68.8 Å². The van der Waals surface area contributed by atoms with E-state index >= 15 is 0 Å². The van der Waals surface area contributed by atoms with Gasteiger partial charge in [-0.25, -0.2) is 9.97 Å². The summed E-state index contributed by atoms with van der Waals surface area (Å²) in [5, 5.41) is 0. The van der Waals surface area contributed by atoms with E-state index in [9.17, 15) is 0 Å². The van der Waals surface area contributed by atoms with Gasteiger partial charge in [-0.3, -0.25) is 4.98 Å². The molecule has 0 unspecified atom stereocenters. The first-order valence-corrected chi connectivity index (χ1v) is 8.93. The number of fused-ring (bicyclic) bond motifs is 1. The summed E-state index contributed by atoms with van der Waals surface area (Å²) in [6.45, 7) is 6.57. The third kappa shape index (κ3) is 3.08. The molecule has 4 heterocycles. The maximum absolute atomic E-state index is 4.78. The largest absolute Gasteiger partial charge is 0.368 e. The molecule has 0 N–H and O–H groups in total. The van der Waals surface area contributed by atoms with Crippen molar-refractivity contribution in [2.24, 2.45) is 0 Å². The molecule has 6 heteroatoms. The first kappa shape index (κ1) is 15.7. The van der Waals surface area contributed by atoms with Crippen molar-refractivity contribution in [2.45, 2.75) is 18.8 Å². The number of piperazine rings is 1. The van der Waals surface area contributed by atoms with Crippen LogP contribution in [0.25, 0.3) is 11.0 Å². The van der Waals surface area contributed by atoms with Crippen LogP contribution < -0.4 is 4.90 Å². The monoisotopic (exact) mass is 326 g/mol. The van der Waals surface area contributed by atoms with Crippen molar-refractivity contribution >= 4 is 16.7 Å². The van der Waals surface area contributed by atoms with Gasteiger partial charge >= 0.3 is 0 Å². The van der Waals surface area contributed by atoms with E-state index in [4.69, 9.17) is 4.98 Å². The third-order valence-corrected chi connectivity index (χ3v) is 5.46. The Balaban J connectivity index is 1.61. The number of pyridine rings is 1. The molecule has 2 aliphatic rings. The molecule has 2 fully saturated rings. The van der Waals surface area contributed by atoms with Gasteiger partial charge in [0.2, 0.25) is 0 Å². The lowest BCUT2D eigenvalue weighted by atomic mass is 9.92. The molecule has 0 aromatic carbocycles. The molecule has 128 valence electrons. The number of rotatable bonds is 2. The fourth-order valence-electron chi connectivity index (χ4n) is 3.77. The molecule has 0 radical (unpaired) electrons. The van der Waals surface area contributed by atoms with Crippen LogP contribution >= 0.6 is 0 Å². The van der Waals surface area contributed by atoms with Gasteiger partial charge in [0.05, 0.1) is 23.1 Å². The normalized spacial score (nSPS) is 21.5. The van der Waals surface area contributed by atoms with Crippen molar-refractivity contribution < 1.29 is 0 Å². The molecular formula is C18H26N6. The van der Waals surface area contributed by atoms with E-state index in [2.05, 4.69) is 44.8 Å². The maximum Gasteiger partial charge on any atom is 0.116 e. The number of hydrogen-bond acceptors (Lipinski definition) is 6. The number of nitrogens with zero attached hydrogens (tertiary/aromatic N) is 6. The number of aromatic nitrogens is 3. The van der Waals surface area contributed by atoms with E-state index in [1.54, 1.807) is 6.33 Å². The third-order valence-electron chi connectivity index (χ3n) is 5.46. The molecule has 0 amide bonds. The Morgan fingerprint density at radius 2 is 1.58 bits per heavy atom. The van der Waals surface area contributed by atoms with Gasteiger partial charge < -0.3 is 14.7 Å². The smallest absolute Gasteiger partial charge is 0.116 e. The molecule has 0 saturated carbocycles. The van der Waals surface area contributed by atoms with Crippen molar-refractivity contribution in [3.05, 3.63) is 24.3 Å². The minimum Gasteiger partial charge on any atom is -0.368 e. The molecule has 0 aliphatic carbocycles. The first-order chi connectivity index (χ1) is 11.7. The predicted molar refractivity (Wildman–Crippen MR) is 96.5 cm³/mol. The van der Waals surface area contributed by atoms with Crippen LogP contribution in [0, 0.1) is 0 Å². The van der Waals surface area contributed by atoms with Crippen molar-refractivity contribution in [3.8, 4) is 0 Å². The first-order valence-electron chi connectivity index (χ1n) is 8.93. The van der Waals surface area contributed by atoms with Gasteiger partial charge in [-0.2, -0.15) is 0 Å². The zero-order valence-electron chi connectivity index (χ0n) is 14.6. The van der Waals surface area contributed by atoms with Crippen molar-refractivity contribution in [1.29, 1.82) is 0 Å². The Morgan fingerprint density at radius 1 is 0.875 bits per heavy atom. The molecule has 0 spiro atoms. The van der Waals surface area contributed by atoms with E-state index in [1.807, 2.05) is 6.20 Å². The highest BCUT2D eigenvalue weighted by Crippen LogP contribution is 2.30. The minimum atomic E-state index is 0.508. The molecule has 6 nitrogen and oxygen atoms in total. The SMILES string of the molecule is CN1CCC(c2ncnc3cc(N4CCN(C)CC4)cnc23)CC1. The summed E-state index contributed by atoms with van der Waals surface area (Å²) in [5.41, 5.74) is 4.29. The quantitative estimate of drug-likeness (QED) is 0.835. The van der Waals surface area contributed by atoms with Crippen molar-refractivity contribution in [3.63, 3.8) is 0 Å². The molecule has 4 rings (SSSR count). The van der Waals surface area contributed by atoms with E-state index in [0.29, 0.717) is 5.92 Å². The van der Waals surface area contributed by atoms with Gasteiger partial charge in [0, 0.05) is 32.1 Å². The molecule has 2 aliphatic heterocycles. The van der Waals surface area contributed by atoms with Gasteiger partial charge in [0.1, 0.15) is 11.8 Å². The molecule has 2 saturated heterocycles. The zero-order valence-corrected chi connectivity index (χ0v) is 14.6. The average molecular weight is 326 g/mol. The molecule has 0 bridgehead atoms. The summed E-state index contributed by atoms with van der Waals surface area (Å²) in [6.07, 6.45) is 6.04. The van der Waals surface area contributed by atoms with Crippen LogP contribution in [-0.2, 0) is 0 Å². The van der Waals surface area contributed by atoms with Gasteiger partial charge in [0.25, 0.3) is 0 Å².